The largest absolute Gasteiger partial charge is 0.352 e. The molecule has 0 aliphatic heterocycles. The Morgan fingerprint density at radius 3 is 2.27 bits per heavy atom. The second kappa shape index (κ2) is 4.66. The molecule has 0 fully saturated rings. The Labute approximate surface area is 66.5 Å². The zero-order chi connectivity index (χ0) is 8.85. The van der Waals surface area contributed by atoms with Gasteiger partial charge in [-0.05, 0) is 12.0 Å². The zero-order valence-corrected chi connectivity index (χ0v) is 7.05. The fourth-order valence-electron chi connectivity index (χ4n) is 0.479. The fourth-order valence-corrected chi connectivity index (χ4v) is 0.479. The third-order valence-corrected chi connectivity index (χ3v) is 1.08. The first kappa shape index (κ1) is 9.88. The highest BCUT2D eigenvalue weighted by Crippen LogP contribution is 1.92. The minimum absolute atomic E-state index is 0.295. The SMILES string of the molecule is CNC(=O)C(=O)C=CC(C)C. The number of rotatable bonds is 3. The lowest BCUT2D eigenvalue weighted by atomic mass is 10.2. The number of likely N-dealkylation sites (N-methyl/N-ethyl adjacent to an activating group) is 1. The summed E-state index contributed by atoms with van der Waals surface area (Å²) in [5, 5.41) is 2.25. The van der Waals surface area contributed by atoms with Crippen molar-refractivity contribution in [3.05, 3.63) is 12.2 Å². The second-order valence-corrected chi connectivity index (χ2v) is 2.55. The first-order valence-electron chi connectivity index (χ1n) is 3.52. The average Bonchev–Trinajstić information content (AvgIpc) is 1.98. The Morgan fingerprint density at radius 1 is 1.36 bits per heavy atom. The van der Waals surface area contributed by atoms with Crippen LogP contribution in [0.4, 0.5) is 0 Å². The van der Waals surface area contributed by atoms with Crippen molar-refractivity contribution >= 4 is 11.7 Å². The molecule has 0 radical (unpaired) electrons. The van der Waals surface area contributed by atoms with E-state index < -0.39 is 11.7 Å². The van der Waals surface area contributed by atoms with Crippen molar-refractivity contribution in [2.24, 2.45) is 5.92 Å². The van der Waals surface area contributed by atoms with Gasteiger partial charge >= 0.3 is 0 Å². The standard InChI is InChI=1S/C8H13NO2/c1-6(2)4-5-7(10)8(11)9-3/h4-6H,1-3H3,(H,9,11). The van der Waals surface area contributed by atoms with Gasteiger partial charge in [-0.2, -0.15) is 0 Å². The van der Waals surface area contributed by atoms with E-state index in [1.165, 1.54) is 13.1 Å². The van der Waals surface area contributed by atoms with Crippen LogP contribution in [0.5, 0.6) is 0 Å². The number of amides is 1. The Hall–Kier alpha value is -1.12. The molecule has 0 bridgehead atoms. The predicted octanol–water partition coefficient (Wildman–Crippen LogP) is 0.514. The number of carbonyl (C=O) groups excluding carboxylic acids is 2. The topological polar surface area (TPSA) is 46.2 Å². The highest BCUT2D eigenvalue weighted by Gasteiger charge is 2.05. The highest BCUT2D eigenvalue weighted by atomic mass is 16.2. The van der Waals surface area contributed by atoms with Gasteiger partial charge in [-0.25, -0.2) is 0 Å². The van der Waals surface area contributed by atoms with Crippen molar-refractivity contribution in [2.45, 2.75) is 13.8 Å². The summed E-state index contributed by atoms with van der Waals surface area (Å²) in [6, 6.07) is 0. The molecule has 0 aromatic heterocycles. The van der Waals surface area contributed by atoms with Crippen molar-refractivity contribution < 1.29 is 9.59 Å². The molecule has 0 rings (SSSR count). The van der Waals surface area contributed by atoms with Gasteiger partial charge in [0.05, 0.1) is 0 Å². The predicted molar refractivity (Wildman–Crippen MR) is 43.1 cm³/mol. The van der Waals surface area contributed by atoms with Gasteiger partial charge in [-0.3, -0.25) is 9.59 Å². The van der Waals surface area contributed by atoms with E-state index >= 15 is 0 Å². The lowest BCUT2D eigenvalue weighted by Gasteiger charge is -1.93. The van der Waals surface area contributed by atoms with E-state index in [1.807, 2.05) is 13.8 Å². The molecule has 0 heterocycles. The Kier molecular flexibility index (Phi) is 4.18. The van der Waals surface area contributed by atoms with Crippen LogP contribution in [0, 0.1) is 5.92 Å². The molecule has 0 aromatic carbocycles. The molecule has 3 heteroatoms. The second-order valence-electron chi connectivity index (χ2n) is 2.55. The van der Waals surface area contributed by atoms with Crippen LogP contribution in [-0.4, -0.2) is 18.7 Å². The first-order chi connectivity index (χ1) is 5.07. The quantitative estimate of drug-likeness (QED) is 0.477. The molecule has 0 unspecified atom stereocenters. The molecular weight excluding hydrogens is 142 g/mol. The lowest BCUT2D eigenvalue weighted by molar-refractivity contribution is -0.134. The van der Waals surface area contributed by atoms with E-state index in [2.05, 4.69) is 5.32 Å². The molecule has 1 N–H and O–H groups in total. The fraction of sp³-hybridized carbons (Fsp3) is 0.500. The van der Waals surface area contributed by atoms with Crippen molar-refractivity contribution in [3.8, 4) is 0 Å². The van der Waals surface area contributed by atoms with Crippen LogP contribution in [0.1, 0.15) is 13.8 Å². The number of hydrogen-bond acceptors (Lipinski definition) is 2. The van der Waals surface area contributed by atoms with Crippen LogP contribution in [0.25, 0.3) is 0 Å². The van der Waals surface area contributed by atoms with E-state index in [1.54, 1.807) is 6.08 Å². The first-order valence-corrected chi connectivity index (χ1v) is 3.52. The number of allylic oxidation sites excluding steroid dienone is 1. The molecule has 0 spiro atoms. The van der Waals surface area contributed by atoms with Crippen LogP contribution in [-0.2, 0) is 9.59 Å². The number of ketones is 1. The molecule has 0 saturated carbocycles. The van der Waals surface area contributed by atoms with E-state index in [0.717, 1.165) is 0 Å². The van der Waals surface area contributed by atoms with E-state index in [4.69, 9.17) is 0 Å². The Morgan fingerprint density at radius 2 is 1.91 bits per heavy atom. The van der Waals surface area contributed by atoms with Crippen LogP contribution in [0.15, 0.2) is 12.2 Å². The molecular formula is C8H13NO2. The van der Waals surface area contributed by atoms with Crippen molar-refractivity contribution in [3.63, 3.8) is 0 Å². The minimum Gasteiger partial charge on any atom is -0.352 e. The molecule has 0 aromatic rings. The van der Waals surface area contributed by atoms with Gasteiger partial charge in [0, 0.05) is 7.05 Å². The van der Waals surface area contributed by atoms with Crippen LogP contribution >= 0.6 is 0 Å². The van der Waals surface area contributed by atoms with Crippen LogP contribution in [0.2, 0.25) is 0 Å². The lowest BCUT2D eigenvalue weighted by Crippen LogP contribution is -2.25. The Bertz CT molecular complexity index is 183. The van der Waals surface area contributed by atoms with Gasteiger partial charge in [-0.15, -0.1) is 0 Å². The van der Waals surface area contributed by atoms with E-state index in [9.17, 15) is 9.59 Å². The summed E-state index contributed by atoms with van der Waals surface area (Å²) < 4.78 is 0. The van der Waals surface area contributed by atoms with E-state index in [-0.39, 0.29) is 0 Å². The average molecular weight is 155 g/mol. The van der Waals surface area contributed by atoms with Gasteiger partial charge < -0.3 is 5.32 Å². The normalized spacial score (nSPS) is 10.5. The van der Waals surface area contributed by atoms with Gasteiger partial charge in [0.15, 0.2) is 0 Å². The molecule has 3 nitrogen and oxygen atoms in total. The summed E-state index contributed by atoms with van der Waals surface area (Å²) in [6.07, 6.45) is 2.99. The maximum atomic E-state index is 10.8. The molecule has 62 valence electrons. The summed E-state index contributed by atoms with van der Waals surface area (Å²) in [5.74, 6) is -0.772. The minimum atomic E-state index is -0.568. The van der Waals surface area contributed by atoms with Crippen molar-refractivity contribution in [2.75, 3.05) is 7.05 Å². The third kappa shape index (κ3) is 4.31. The number of carbonyl (C=O) groups is 2. The number of hydrogen-bond donors (Lipinski definition) is 1. The van der Waals surface area contributed by atoms with Crippen molar-refractivity contribution in [1.82, 2.24) is 5.32 Å². The molecule has 0 saturated heterocycles. The molecule has 0 atom stereocenters. The summed E-state index contributed by atoms with van der Waals surface area (Å²) in [6.45, 7) is 3.88. The third-order valence-electron chi connectivity index (χ3n) is 1.08. The number of nitrogens with one attached hydrogen (secondary N) is 1. The molecule has 1 amide bonds. The zero-order valence-electron chi connectivity index (χ0n) is 7.05. The smallest absolute Gasteiger partial charge is 0.291 e. The molecule has 11 heavy (non-hydrogen) atoms. The van der Waals surface area contributed by atoms with Crippen LogP contribution < -0.4 is 5.32 Å². The maximum absolute atomic E-state index is 10.8. The van der Waals surface area contributed by atoms with Gasteiger partial charge in [-0.1, -0.05) is 19.9 Å². The molecule has 0 aliphatic carbocycles. The van der Waals surface area contributed by atoms with Crippen LogP contribution in [0.3, 0.4) is 0 Å². The van der Waals surface area contributed by atoms with E-state index in [0.29, 0.717) is 5.92 Å². The summed E-state index contributed by atoms with van der Waals surface area (Å²) in [5.41, 5.74) is 0. The summed E-state index contributed by atoms with van der Waals surface area (Å²) >= 11 is 0. The van der Waals surface area contributed by atoms with Gasteiger partial charge in [0.25, 0.3) is 5.91 Å². The monoisotopic (exact) mass is 155 g/mol. The molecule has 0 aliphatic rings. The Balaban J connectivity index is 3.97. The van der Waals surface area contributed by atoms with Gasteiger partial charge in [0.1, 0.15) is 0 Å². The highest BCUT2D eigenvalue weighted by molar-refractivity contribution is 6.40. The van der Waals surface area contributed by atoms with Crippen molar-refractivity contribution in [1.29, 1.82) is 0 Å². The summed E-state index contributed by atoms with van der Waals surface area (Å²) in [7, 11) is 1.43. The summed E-state index contributed by atoms with van der Waals surface area (Å²) in [4.78, 5) is 21.4. The maximum Gasteiger partial charge on any atom is 0.291 e. The van der Waals surface area contributed by atoms with Gasteiger partial charge in [0.2, 0.25) is 5.78 Å².